The Balaban J connectivity index is 1.75. The molecule has 1 amide bonds. The van der Waals surface area contributed by atoms with Crippen LogP contribution < -0.4 is 10.1 Å². The lowest BCUT2D eigenvalue weighted by atomic mass is 10.1. The van der Waals surface area contributed by atoms with Gasteiger partial charge in [0.2, 0.25) is 0 Å². The van der Waals surface area contributed by atoms with Crippen molar-refractivity contribution in [1.82, 2.24) is 5.32 Å². The second kappa shape index (κ2) is 8.74. The van der Waals surface area contributed by atoms with E-state index in [1.54, 1.807) is 6.92 Å². The fourth-order valence-electron chi connectivity index (χ4n) is 2.38. The van der Waals surface area contributed by atoms with Crippen molar-refractivity contribution in [3.8, 4) is 5.75 Å². The van der Waals surface area contributed by atoms with Gasteiger partial charge in [-0.2, -0.15) is 0 Å². The molecule has 24 heavy (non-hydrogen) atoms. The molecule has 3 nitrogen and oxygen atoms in total. The van der Waals surface area contributed by atoms with Crippen molar-refractivity contribution >= 4 is 17.5 Å². The fourth-order valence-corrected chi connectivity index (χ4v) is 2.50. The van der Waals surface area contributed by atoms with Gasteiger partial charge in [0.15, 0.2) is 6.10 Å². The maximum Gasteiger partial charge on any atom is 0.260 e. The van der Waals surface area contributed by atoms with E-state index in [2.05, 4.69) is 5.32 Å². The summed E-state index contributed by atoms with van der Waals surface area (Å²) in [4.78, 5) is 12.1. The Morgan fingerprint density at radius 3 is 2.58 bits per heavy atom. The van der Waals surface area contributed by atoms with Crippen molar-refractivity contribution in [2.24, 2.45) is 0 Å². The molecule has 0 saturated heterocycles. The van der Waals surface area contributed by atoms with Crippen molar-refractivity contribution in [2.45, 2.75) is 39.7 Å². The van der Waals surface area contributed by atoms with Gasteiger partial charge in [-0.3, -0.25) is 4.79 Å². The van der Waals surface area contributed by atoms with E-state index in [0.29, 0.717) is 6.54 Å². The molecule has 0 saturated carbocycles. The first-order valence-corrected chi connectivity index (χ1v) is 8.59. The quantitative estimate of drug-likeness (QED) is 0.752. The zero-order valence-electron chi connectivity index (χ0n) is 14.4. The molecular weight excluding hydrogens is 322 g/mol. The molecule has 1 atom stereocenters. The maximum absolute atomic E-state index is 12.1. The number of benzene rings is 2. The van der Waals surface area contributed by atoms with E-state index in [9.17, 15) is 4.79 Å². The van der Waals surface area contributed by atoms with E-state index in [0.717, 1.165) is 34.7 Å². The Morgan fingerprint density at radius 2 is 1.88 bits per heavy atom. The molecular formula is C20H24ClNO2. The summed E-state index contributed by atoms with van der Waals surface area (Å²) in [6.07, 6.45) is 1.27. The highest BCUT2D eigenvalue weighted by Gasteiger charge is 2.15. The van der Waals surface area contributed by atoms with Crippen LogP contribution in [0.1, 0.15) is 30.0 Å². The third-order valence-corrected chi connectivity index (χ3v) is 4.12. The normalized spacial score (nSPS) is 11.8. The van der Waals surface area contributed by atoms with Gasteiger partial charge < -0.3 is 10.1 Å². The Bertz CT molecular complexity index is 683. The number of carbonyl (C=O) groups is 1. The molecule has 2 aromatic rings. The van der Waals surface area contributed by atoms with Gasteiger partial charge in [-0.15, -0.1) is 0 Å². The number of hydrogen-bond acceptors (Lipinski definition) is 2. The Kier molecular flexibility index (Phi) is 6.68. The van der Waals surface area contributed by atoms with Crippen LogP contribution in [0.2, 0.25) is 5.02 Å². The Labute approximate surface area is 149 Å². The van der Waals surface area contributed by atoms with Gasteiger partial charge in [0.25, 0.3) is 5.91 Å². The minimum atomic E-state index is -0.513. The molecule has 4 heteroatoms. The zero-order chi connectivity index (χ0) is 17.5. The number of nitrogens with one attached hydrogen (secondary N) is 1. The molecule has 128 valence electrons. The van der Waals surface area contributed by atoms with Crippen LogP contribution in [-0.2, 0) is 11.2 Å². The van der Waals surface area contributed by atoms with Gasteiger partial charge in [-0.1, -0.05) is 35.9 Å². The second-order valence-corrected chi connectivity index (χ2v) is 6.49. The van der Waals surface area contributed by atoms with Gasteiger partial charge in [0.05, 0.1) is 0 Å². The number of halogens is 1. The highest BCUT2D eigenvalue weighted by molar-refractivity contribution is 6.30. The summed E-state index contributed by atoms with van der Waals surface area (Å²) < 4.78 is 5.79. The molecule has 0 aromatic heterocycles. The van der Waals surface area contributed by atoms with Crippen LogP contribution in [0.5, 0.6) is 5.75 Å². The summed E-state index contributed by atoms with van der Waals surface area (Å²) in [6, 6.07) is 13.8. The van der Waals surface area contributed by atoms with Crippen LogP contribution in [0, 0.1) is 13.8 Å². The number of aryl methyl sites for hydroxylation is 3. The lowest BCUT2D eigenvalue weighted by molar-refractivity contribution is -0.127. The molecule has 0 aliphatic heterocycles. The Hall–Kier alpha value is -2.00. The lowest BCUT2D eigenvalue weighted by Gasteiger charge is -2.16. The molecule has 1 N–H and O–H groups in total. The minimum Gasteiger partial charge on any atom is -0.481 e. The monoisotopic (exact) mass is 345 g/mol. The molecule has 0 spiro atoms. The number of carbonyl (C=O) groups excluding carboxylic acids is 1. The number of ether oxygens (including phenoxy) is 1. The molecule has 0 fully saturated rings. The van der Waals surface area contributed by atoms with Gasteiger partial charge in [-0.25, -0.2) is 0 Å². The van der Waals surface area contributed by atoms with Crippen molar-refractivity contribution in [2.75, 3.05) is 6.54 Å². The van der Waals surface area contributed by atoms with E-state index in [1.807, 2.05) is 56.3 Å². The molecule has 2 rings (SSSR count). The highest BCUT2D eigenvalue weighted by atomic mass is 35.5. The van der Waals surface area contributed by atoms with Gasteiger partial charge in [-0.05, 0) is 68.5 Å². The molecule has 0 aliphatic carbocycles. The average molecular weight is 346 g/mol. The van der Waals surface area contributed by atoms with Crippen molar-refractivity contribution in [3.63, 3.8) is 0 Å². The number of amides is 1. The summed E-state index contributed by atoms with van der Waals surface area (Å²) in [5, 5.41) is 3.67. The van der Waals surface area contributed by atoms with Crippen molar-refractivity contribution < 1.29 is 9.53 Å². The van der Waals surface area contributed by atoms with Crippen LogP contribution in [0.4, 0.5) is 0 Å². The molecule has 0 unspecified atom stereocenters. The van der Waals surface area contributed by atoms with Crippen LogP contribution >= 0.6 is 11.6 Å². The summed E-state index contributed by atoms with van der Waals surface area (Å²) >= 11 is 5.87. The predicted molar refractivity (Wildman–Crippen MR) is 98.8 cm³/mol. The molecule has 0 bridgehead atoms. The van der Waals surface area contributed by atoms with Crippen LogP contribution in [-0.4, -0.2) is 18.6 Å². The summed E-state index contributed by atoms with van der Waals surface area (Å²) in [5.41, 5.74) is 3.36. The molecule has 0 heterocycles. The van der Waals surface area contributed by atoms with E-state index in [4.69, 9.17) is 16.3 Å². The van der Waals surface area contributed by atoms with Crippen LogP contribution in [0.3, 0.4) is 0 Å². The predicted octanol–water partition coefficient (Wildman–Crippen LogP) is 4.47. The van der Waals surface area contributed by atoms with Crippen LogP contribution in [0.25, 0.3) is 0 Å². The molecule has 0 radical (unpaired) electrons. The zero-order valence-corrected chi connectivity index (χ0v) is 15.2. The average Bonchev–Trinajstić information content (AvgIpc) is 2.56. The summed E-state index contributed by atoms with van der Waals surface area (Å²) in [7, 11) is 0. The first-order chi connectivity index (χ1) is 11.5. The standard InChI is InChI=1S/C20H24ClNO2/c1-14-6-7-15(2)19(13-14)24-16(3)20(23)22-12-4-5-17-8-10-18(21)11-9-17/h6-11,13,16H,4-5,12H2,1-3H3,(H,22,23)/t16-/m1/s1. The van der Waals surface area contributed by atoms with E-state index in [1.165, 1.54) is 5.56 Å². The summed E-state index contributed by atoms with van der Waals surface area (Å²) in [6.45, 7) is 6.39. The highest BCUT2D eigenvalue weighted by Crippen LogP contribution is 2.20. The van der Waals surface area contributed by atoms with E-state index < -0.39 is 6.10 Å². The summed E-state index contributed by atoms with van der Waals surface area (Å²) in [5.74, 6) is 0.672. The smallest absolute Gasteiger partial charge is 0.260 e. The minimum absolute atomic E-state index is 0.0907. The number of rotatable bonds is 7. The van der Waals surface area contributed by atoms with Crippen LogP contribution in [0.15, 0.2) is 42.5 Å². The number of hydrogen-bond donors (Lipinski definition) is 1. The third-order valence-electron chi connectivity index (χ3n) is 3.87. The van der Waals surface area contributed by atoms with Crippen molar-refractivity contribution in [3.05, 3.63) is 64.2 Å². The fraction of sp³-hybridized carbons (Fsp3) is 0.350. The first kappa shape index (κ1) is 18.3. The van der Waals surface area contributed by atoms with Crippen molar-refractivity contribution in [1.29, 1.82) is 0 Å². The van der Waals surface area contributed by atoms with E-state index in [-0.39, 0.29) is 5.91 Å². The lowest BCUT2D eigenvalue weighted by Crippen LogP contribution is -2.37. The van der Waals surface area contributed by atoms with Gasteiger partial charge in [0, 0.05) is 11.6 Å². The topological polar surface area (TPSA) is 38.3 Å². The van der Waals surface area contributed by atoms with Gasteiger partial charge in [0.1, 0.15) is 5.75 Å². The molecule has 0 aliphatic rings. The molecule has 2 aromatic carbocycles. The second-order valence-electron chi connectivity index (χ2n) is 6.05. The third kappa shape index (κ3) is 5.57. The van der Waals surface area contributed by atoms with E-state index >= 15 is 0 Å². The van der Waals surface area contributed by atoms with Gasteiger partial charge >= 0.3 is 0 Å². The maximum atomic E-state index is 12.1. The Morgan fingerprint density at radius 1 is 1.17 bits per heavy atom. The first-order valence-electron chi connectivity index (χ1n) is 8.22. The SMILES string of the molecule is Cc1ccc(C)c(O[C@H](C)C(=O)NCCCc2ccc(Cl)cc2)c1. The largest absolute Gasteiger partial charge is 0.481 e.